The first kappa shape index (κ1) is 42.1. The molecule has 0 fully saturated rings. The Bertz CT molecular complexity index is 1840. The molecule has 50 heavy (non-hydrogen) atoms. The van der Waals surface area contributed by atoms with Crippen molar-refractivity contribution < 1.29 is 49.0 Å². The molecule has 0 N–H and O–H groups in total. The molecule has 0 aliphatic heterocycles. The zero-order chi connectivity index (χ0) is 34.9. The van der Waals surface area contributed by atoms with Crippen molar-refractivity contribution >= 4 is 16.9 Å². The van der Waals surface area contributed by atoms with Crippen LogP contribution in [0.1, 0.15) is 93.3 Å². The van der Waals surface area contributed by atoms with Crippen molar-refractivity contribution in [3.05, 3.63) is 160 Å². The van der Waals surface area contributed by atoms with Crippen LogP contribution >= 0.6 is 0 Å². The first-order chi connectivity index (χ1) is 22.5. The summed E-state index contributed by atoms with van der Waals surface area (Å²) in [5.74, 6) is 0. The summed E-state index contributed by atoms with van der Waals surface area (Å²) in [6, 6.07) is 34.2. The van der Waals surface area contributed by atoms with Crippen LogP contribution in [0.3, 0.4) is 0 Å². The van der Waals surface area contributed by atoms with E-state index in [9.17, 15) is 0 Å². The van der Waals surface area contributed by atoms with Gasteiger partial charge >= 0.3 is 99.2 Å². The molecule has 2 aliphatic carbocycles. The Morgan fingerprint density at radius 2 is 1.32 bits per heavy atom. The van der Waals surface area contributed by atoms with E-state index in [-0.39, 0.29) is 35.6 Å². The monoisotopic (exact) mass is 793 g/mol. The standard InChI is InChI=1S/C33H43Si.C13H10.2ClH.Zr/c1-22(21-34(8,9)10)18-23-12-11-13-27(23)31-29-20-24-19-25(32(2,3)4)14-15-26(24)28(29)16-17-30(31)33(5,6)7;1-3-7-12(8-4-1)11-13-9-5-2-6-10-13;;;/h13-17,19H,1,11,18,20-21H2,2-10H3;1-10H;2*1H;/q-1;;;;+2/p-2. The molecule has 0 bridgehead atoms. The Balaban J connectivity index is 0.000000355. The van der Waals surface area contributed by atoms with Crippen LogP contribution in [0.5, 0.6) is 0 Å². The maximum absolute atomic E-state index is 4.49. The number of allylic oxidation sites excluding steroid dienone is 5. The van der Waals surface area contributed by atoms with Crippen LogP contribution in [0.2, 0.25) is 25.7 Å². The zero-order valence-corrected chi connectivity index (χ0v) is 36.5. The maximum atomic E-state index is 4.49. The quantitative estimate of drug-likeness (QED) is 0.101. The summed E-state index contributed by atoms with van der Waals surface area (Å²) in [4.78, 5) is 0. The van der Waals surface area contributed by atoms with Gasteiger partial charge in [0.25, 0.3) is 0 Å². The minimum atomic E-state index is -1.18. The minimum absolute atomic E-state index is 0. The van der Waals surface area contributed by atoms with Crippen molar-refractivity contribution in [2.75, 3.05) is 0 Å². The van der Waals surface area contributed by atoms with Gasteiger partial charge in [-0.3, -0.25) is 6.08 Å². The fraction of sp³-hybridized carbons (Fsp3) is 0.326. The molecule has 6 rings (SSSR count). The van der Waals surface area contributed by atoms with Gasteiger partial charge in [-0.1, -0.05) is 115 Å². The third-order valence-electron chi connectivity index (χ3n) is 9.30. The van der Waals surface area contributed by atoms with E-state index in [2.05, 4.69) is 171 Å². The van der Waals surface area contributed by atoms with Gasteiger partial charge in [0.2, 0.25) is 0 Å². The van der Waals surface area contributed by atoms with Crippen LogP contribution in [0.15, 0.2) is 115 Å². The van der Waals surface area contributed by atoms with Gasteiger partial charge in [0, 0.05) is 8.07 Å². The summed E-state index contributed by atoms with van der Waals surface area (Å²) in [7, 11) is -1.18. The average Bonchev–Trinajstić information content (AvgIpc) is 3.63. The van der Waals surface area contributed by atoms with Crippen LogP contribution in [-0.2, 0) is 41.5 Å². The van der Waals surface area contributed by atoms with Crippen molar-refractivity contribution in [2.24, 2.45) is 0 Å². The van der Waals surface area contributed by atoms with E-state index in [1.54, 1.807) is 0 Å². The summed E-state index contributed by atoms with van der Waals surface area (Å²) >= 11 is 1.46. The number of rotatable bonds is 7. The first-order valence-corrected chi connectivity index (χ1v) is 22.4. The summed E-state index contributed by atoms with van der Waals surface area (Å²) < 4.78 is 1.42. The molecule has 0 radical (unpaired) electrons. The predicted octanol–water partition coefficient (Wildman–Crippen LogP) is 6.46. The molecule has 0 heterocycles. The molecule has 4 heteroatoms. The van der Waals surface area contributed by atoms with Crippen molar-refractivity contribution in [1.82, 2.24) is 0 Å². The second-order valence-electron chi connectivity index (χ2n) is 16.8. The van der Waals surface area contributed by atoms with Crippen molar-refractivity contribution in [3.63, 3.8) is 0 Å². The van der Waals surface area contributed by atoms with E-state index in [1.165, 1.54) is 100 Å². The Kier molecular flexibility index (Phi) is 14.3. The molecule has 0 spiro atoms. The average molecular weight is 796 g/mol. The summed E-state index contributed by atoms with van der Waals surface area (Å²) in [6.07, 6.45) is 9.04. The third kappa shape index (κ3) is 10.2. The molecular weight excluding hydrogens is 743 g/mol. The number of halogens is 2. The molecule has 2 aliphatic rings. The predicted molar refractivity (Wildman–Crippen MR) is 209 cm³/mol. The molecule has 0 amide bonds. The SMILES string of the molecule is C=C(CC1=[C-]CC=C1c1c(C(C)(C)C)ccc2c1Cc1cc(C(C)(C)C)ccc1-2)C[Si](C)(C)C.[Cl-].[Cl-].[Zr+2]=[C](c1ccccc1)c1ccccc1. The Labute approximate surface area is 331 Å². The van der Waals surface area contributed by atoms with Gasteiger partial charge < -0.3 is 24.8 Å². The summed E-state index contributed by atoms with van der Waals surface area (Å²) in [5, 5.41) is 0. The summed E-state index contributed by atoms with van der Waals surface area (Å²) in [6.45, 7) is 25.8. The van der Waals surface area contributed by atoms with Crippen LogP contribution in [0, 0.1) is 6.08 Å². The number of hydrogen-bond acceptors (Lipinski definition) is 0. The number of fused-ring (bicyclic) bond motifs is 3. The van der Waals surface area contributed by atoms with Crippen LogP contribution in [-0.4, -0.2) is 11.3 Å². The molecule has 0 saturated carbocycles. The van der Waals surface area contributed by atoms with E-state index >= 15 is 0 Å². The first-order valence-electron chi connectivity index (χ1n) is 17.5. The second-order valence-corrected chi connectivity index (χ2v) is 23.5. The van der Waals surface area contributed by atoms with Gasteiger partial charge in [-0.15, -0.1) is 6.42 Å². The molecule has 260 valence electrons. The van der Waals surface area contributed by atoms with Gasteiger partial charge in [-0.05, 0) is 57.5 Å². The van der Waals surface area contributed by atoms with E-state index < -0.39 is 8.07 Å². The molecule has 0 unspecified atom stereocenters. The van der Waals surface area contributed by atoms with Crippen LogP contribution in [0.25, 0.3) is 16.7 Å². The molecule has 0 aromatic heterocycles. The molecule has 4 aromatic rings. The van der Waals surface area contributed by atoms with E-state index in [0.29, 0.717) is 0 Å². The van der Waals surface area contributed by atoms with Gasteiger partial charge in [0.15, 0.2) is 0 Å². The second kappa shape index (κ2) is 17.0. The van der Waals surface area contributed by atoms with Crippen molar-refractivity contribution in [2.45, 2.75) is 97.3 Å². The Hall–Kier alpha value is -2.35. The summed E-state index contributed by atoms with van der Waals surface area (Å²) in [5.41, 5.74) is 17.3. The van der Waals surface area contributed by atoms with Gasteiger partial charge in [0.05, 0.1) is 0 Å². The van der Waals surface area contributed by atoms with E-state index in [0.717, 1.165) is 19.3 Å². The fourth-order valence-electron chi connectivity index (χ4n) is 7.02. The Morgan fingerprint density at radius 1 is 0.760 bits per heavy atom. The van der Waals surface area contributed by atoms with Crippen LogP contribution in [0.4, 0.5) is 0 Å². The Morgan fingerprint density at radius 3 is 1.84 bits per heavy atom. The van der Waals surface area contributed by atoms with Crippen LogP contribution < -0.4 is 24.8 Å². The molecule has 0 nitrogen and oxygen atoms in total. The van der Waals surface area contributed by atoms with Crippen molar-refractivity contribution in [3.8, 4) is 11.1 Å². The topological polar surface area (TPSA) is 0 Å². The molecule has 0 atom stereocenters. The van der Waals surface area contributed by atoms with Gasteiger partial charge in [0.1, 0.15) is 0 Å². The molecule has 4 aromatic carbocycles. The third-order valence-corrected chi connectivity index (χ3v) is 12.3. The normalized spacial score (nSPS) is 13.4. The van der Waals surface area contributed by atoms with Gasteiger partial charge in [-0.25, -0.2) is 5.57 Å². The molecular formula is C46H53Cl2SiZr-. The number of benzene rings is 4. The number of hydrogen-bond donors (Lipinski definition) is 0. The van der Waals surface area contributed by atoms with Crippen molar-refractivity contribution in [1.29, 1.82) is 0 Å². The fourth-order valence-corrected chi connectivity index (χ4v) is 9.46. The van der Waals surface area contributed by atoms with E-state index in [4.69, 9.17) is 0 Å². The van der Waals surface area contributed by atoms with Gasteiger partial charge in [-0.2, -0.15) is 11.6 Å². The zero-order valence-electron chi connectivity index (χ0n) is 31.5. The van der Waals surface area contributed by atoms with E-state index in [1.807, 2.05) is 0 Å². The molecule has 0 saturated heterocycles.